The van der Waals surface area contributed by atoms with E-state index in [0.717, 1.165) is 12.0 Å². The molecule has 1 aromatic rings. The van der Waals surface area contributed by atoms with E-state index >= 15 is 0 Å². The fraction of sp³-hybridized carbons (Fsp3) is 0.462. The lowest BCUT2D eigenvalue weighted by molar-refractivity contribution is -0.123. The minimum Gasteiger partial charge on any atom is -0.394 e. The molecule has 2 unspecified atom stereocenters. The Morgan fingerprint density at radius 3 is 2.62 bits per heavy atom. The van der Waals surface area contributed by atoms with E-state index in [-0.39, 0.29) is 24.5 Å². The molecule has 1 aliphatic rings. The lowest BCUT2D eigenvalue weighted by Crippen LogP contribution is -2.32. The third-order valence-corrected chi connectivity index (χ3v) is 3.15. The molecule has 0 bridgehead atoms. The topological polar surface area (TPSA) is 49.3 Å². The van der Waals surface area contributed by atoms with Gasteiger partial charge >= 0.3 is 0 Å². The molecule has 0 saturated heterocycles. The van der Waals surface area contributed by atoms with Crippen molar-refractivity contribution in [3.63, 3.8) is 0 Å². The van der Waals surface area contributed by atoms with Gasteiger partial charge in [0.25, 0.3) is 0 Å². The van der Waals surface area contributed by atoms with E-state index in [1.165, 1.54) is 0 Å². The molecule has 3 nitrogen and oxygen atoms in total. The van der Waals surface area contributed by atoms with Crippen LogP contribution < -0.4 is 5.32 Å². The Labute approximate surface area is 95.5 Å². The van der Waals surface area contributed by atoms with Gasteiger partial charge in [-0.25, -0.2) is 0 Å². The first-order chi connectivity index (χ1) is 7.72. The van der Waals surface area contributed by atoms with Crippen molar-refractivity contribution in [2.24, 2.45) is 11.8 Å². The molecule has 1 aliphatic carbocycles. The van der Waals surface area contributed by atoms with Gasteiger partial charge in [0.15, 0.2) is 0 Å². The molecule has 1 aromatic carbocycles. The van der Waals surface area contributed by atoms with Gasteiger partial charge in [0, 0.05) is 5.92 Å². The first-order valence-electron chi connectivity index (χ1n) is 5.68. The molecular weight excluding hydrogens is 202 g/mol. The van der Waals surface area contributed by atoms with E-state index in [0.29, 0.717) is 5.92 Å². The standard InChI is InChI=1S/C13H17NO2/c1-9-7-11(9)13(16)14-12(8-15)10-5-3-2-4-6-10/h2-6,9,11-12,15H,7-8H2,1H3,(H,14,16)/t9?,11?,12-/m1/s1. The van der Waals surface area contributed by atoms with Crippen molar-refractivity contribution in [3.8, 4) is 0 Å². The number of benzene rings is 1. The summed E-state index contributed by atoms with van der Waals surface area (Å²) in [7, 11) is 0. The fourth-order valence-corrected chi connectivity index (χ4v) is 1.89. The van der Waals surface area contributed by atoms with Crippen molar-refractivity contribution in [2.45, 2.75) is 19.4 Å². The van der Waals surface area contributed by atoms with Crippen LogP contribution >= 0.6 is 0 Å². The highest BCUT2D eigenvalue weighted by molar-refractivity contribution is 5.81. The maximum atomic E-state index is 11.7. The number of hydrogen-bond acceptors (Lipinski definition) is 2. The maximum absolute atomic E-state index is 11.7. The average molecular weight is 219 g/mol. The average Bonchev–Trinajstić information content (AvgIpc) is 3.04. The van der Waals surface area contributed by atoms with E-state index in [1.807, 2.05) is 30.3 Å². The predicted molar refractivity (Wildman–Crippen MR) is 61.7 cm³/mol. The predicted octanol–water partition coefficient (Wildman–Crippen LogP) is 1.49. The SMILES string of the molecule is CC1CC1C(=O)N[C@H](CO)c1ccccc1. The largest absolute Gasteiger partial charge is 0.394 e. The summed E-state index contributed by atoms with van der Waals surface area (Å²) < 4.78 is 0. The van der Waals surface area contributed by atoms with Gasteiger partial charge in [0.2, 0.25) is 5.91 Å². The van der Waals surface area contributed by atoms with Gasteiger partial charge < -0.3 is 10.4 Å². The Balaban J connectivity index is 1.98. The number of aliphatic hydroxyl groups excluding tert-OH is 1. The van der Waals surface area contributed by atoms with E-state index in [9.17, 15) is 9.90 Å². The van der Waals surface area contributed by atoms with Gasteiger partial charge in [-0.1, -0.05) is 37.3 Å². The zero-order chi connectivity index (χ0) is 11.5. The minimum atomic E-state index is -0.276. The molecule has 0 radical (unpaired) electrons. The molecule has 0 heterocycles. The second kappa shape index (κ2) is 4.66. The van der Waals surface area contributed by atoms with Gasteiger partial charge in [-0.2, -0.15) is 0 Å². The zero-order valence-corrected chi connectivity index (χ0v) is 9.39. The van der Waals surface area contributed by atoms with E-state index < -0.39 is 0 Å². The van der Waals surface area contributed by atoms with Crippen LogP contribution in [0.3, 0.4) is 0 Å². The van der Waals surface area contributed by atoms with Crippen molar-refractivity contribution in [1.82, 2.24) is 5.32 Å². The summed E-state index contributed by atoms with van der Waals surface area (Å²) >= 11 is 0. The van der Waals surface area contributed by atoms with Gasteiger partial charge in [-0.3, -0.25) is 4.79 Å². The quantitative estimate of drug-likeness (QED) is 0.806. The van der Waals surface area contributed by atoms with Crippen LogP contribution in [0.1, 0.15) is 24.9 Å². The molecule has 16 heavy (non-hydrogen) atoms. The van der Waals surface area contributed by atoms with Crippen LogP contribution in [0.15, 0.2) is 30.3 Å². The molecule has 0 aliphatic heterocycles. The summed E-state index contributed by atoms with van der Waals surface area (Å²) in [5.41, 5.74) is 0.951. The van der Waals surface area contributed by atoms with Crippen LogP contribution in [-0.2, 0) is 4.79 Å². The summed E-state index contributed by atoms with van der Waals surface area (Å²) in [6, 6.07) is 9.28. The lowest BCUT2D eigenvalue weighted by atomic mass is 10.1. The highest BCUT2D eigenvalue weighted by Crippen LogP contribution is 2.38. The molecule has 1 fully saturated rings. The Kier molecular flexibility index (Phi) is 3.25. The number of carbonyl (C=O) groups is 1. The maximum Gasteiger partial charge on any atom is 0.223 e. The molecule has 0 aromatic heterocycles. The number of hydrogen-bond donors (Lipinski definition) is 2. The third-order valence-electron chi connectivity index (χ3n) is 3.15. The second-order valence-corrected chi connectivity index (χ2v) is 4.47. The van der Waals surface area contributed by atoms with Gasteiger partial charge in [-0.05, 0) is 17.9 Å². The van der Waals surface area contributed by atoms with Crippen molar-refractivity contribution in [3.05, 3.63) is 35.9 Å². The fourth-order valence-electron chi connectivity index (χ4n) is 1.89. The molecule has 86 valence electrons. The third kappa shape index (κ3) is 2.42. The minimum absolute atomic E-state index is 0.0587. The Hall–Kier alpha value is -1.35. The summed E-state index contributed by atoms with van der Waals surface area (Å²) in [5, 5.41) is 12.2. The molecule has 3 heteroatoms. The molecule has 0 spiro atoms. The lowest BCUT2D eigenvalue weighted by Gasteiger charge is -2.16. The first-order valence-corrected chi connectivity index (χ1v) is 5.68. The van der Waals surface area contributed by atoms with E-state index in [1.54, 1.807) is 0 Å². The molecule has 1 amide bonds. The van der Waals surface area contributed by atoms with Crippen LogP contribution in [0, 0.1) is 11.8 Å². The summed E-state index contributed by atoms with van der Waals surface area (Å²) in [6.45, 7) is 2.01. The highest BCUT2D eigenvalue weighted by Gasteiger charge is 2.39. The van der Waals surface area contributed by atoms with Crippen molar-refractivity contribution in [2.75, 3.05) is 6.61 Å². The molecular formula is C13H17NO2. The van der Waals surface area contributed by atoms with Crippen molar-refractivity contribution in [1.29, 1.82) is 0 Å². The summed E-state index contributed by atoms with van der Waals surface area (Å²) in [6.07, 6.45) is 0.971. The number of carbonyl (C=O) groups excluding carboxylic acids is 1. The number of nitrogens with one attached hydrogen (secondary N) is 1. The van der Waals surface area contributed by atoms with E-state index in [4.69, 9.17) is 0 Å². The van der Waals surface area contributed by atoms with E-state index in [2.05, 4.69) is 12.2 Å². The normalized spacial score (nSPS) is 24.9. The van der Waals surface area contributed by atoms with Crippen LogP contribution in [0.4, 0.5) is 0 Å². The van der Waals surface area contributed by atoms with Crippen LogP contribution in [0.25, 0.3) is 0 Å². The summed E-state index contributed by atoms with van der Waals surface area (Å²) in [5.74, 6) is 0.711. The molecule has 3 atom stereocenters. The van der Waals surface area contributed by atoms with Crippen molar-refractivity contribution < 1.29 is 9.90 Å². The van der Waals surface area contributed by atoms with Gasteiger partial charge in [0.1, 0.15) is 0 Å². The Morgan fingerprint density at radius 2 is 2.12 bits per heavy atom. The smallest absolute Gasteiger partial charge is 0.223 e. The van der Waals surface area contributed by atoms with Crippen molar-refractivity contribution >= 4 is 5.91 Å². The number of rotatable bonds is 4. The van der Waals surface area contributed by atoms with Gasteiger partial charge in [0.05, 0.1) is 12.6 Å². The summed E-state index contributed by atoms with van der Waals surface area (Å²) in [4.78, 5) is 11.7. The number of aliphatic hydroxyl groups is 1. The van der Waals surface area contributed by atoms with Crippen LogP contribution in [0.5, 0.6) is 0 Å². The van der Waals surface area contributed by atoms with Crippen LogP contribution in [0.2, 0.25) is 0 Å². The monoisotopic (exact) mass is 219 g/mol. The van der Waals surface area contributed by atoms with Gasteiger partial charge in [-0.15, -0.1) is 0 Å². The zero-order valence-electron chi connectivity index (χ0n) is 9.39. The first kappa shape index (κ1) is 11.1. The molecule has 2 rings (SSSR count). The molecule has 2 N–H and O–H groups in total. The second-order valence-electron chi connectivity index (χ2n) is 4.47. The highest BCUT2D eigenvalue weighted by atomic mass is 16.3. The van der Waals surface area contributed by atoms with Crippen LogP contribution in [-0.4, -0.2) is 17.6 Å². The Bertz CT molecular complexity index is 363. The molecule has 1 saturated carbocycles. The number of amides is 1. The Morgan fingerprint density at radius 1 is 1.50 bits per heavy atom.